The molecule has 0 aliphatic heterocycles. The minimum absolute atomic E-state index is 0.0148. The number of hydrogen-bond donors (Lipinski definition) is 3. The zero-order valence-corrected chi connectivity index (χ0v) is 10.1. The molecule has 1 aliphatic rings. The van der Waals surface area contributed by atoms with Gasteiger partial charge in [0.2, 0.25) is 5.91 Å². The molecule has 1 fully saturated rings. The number of nitrogens with two attached hydrogens (primary N) is 1. The number of nitrogens with zero attached hydrogens (tertiary/aromatic N) is 2. The van der Waals surface area contributed by atoms with E-state index in [0.717, 1.165) is 12.8 Å². The van der Waals surface area contributed by atoms with Gasteiger partial charge in [0, 0.05) is 25.3 Å². The molecule has 18 heavy (non-hydrogen) atoms. The lowest BCUT2D eigenvalue weighted by molar-refractivity contribution is -0.120. The van der Waals surface area contributed by atoms with Crippen molar-refractivity contribution in [1.82, 2.24) is 20.2 Å². The van der Waals surface area contributed by atoms with Gasteiger partial charge in [0.05, 0.1) is 12.9 Å². The van der Waals surface area contributed by atoms with E-state index in [4.69, 9.17) is 5.73 Å². The van der Waals surface area contributed by atoms with Crippen molar-refractivity contribution < 1.29 is 9.59 Å². The van der Waals surface area contributed by atoms with Crippen LogP contribution < -0.4 is 16.4 Å². The van der Waals surface area contributed by atoms with Gasteiger partial charge in [0.15, 0.2) is 0 Å². The lowest BCUT2D eigenvalue weighted by Gasteiger charge is -2.04. The van der Waals surface area contributed by atoms with Crippen LogP contribution in [0.5, 0.6) is 0 Å². The molecule has 0 aromatic carbocycles. The van der Waals surface area contributed by atoms with E-state index in [1.54, 1.807) is 17.1 Å². The highest BCUT2D eigenvalue weighted by Crippen LogP contribution is 2.18. The molecule has 2 amide bonds. The third kappa shape index (κ3) is 3.56. The molecular formula is C11H17N5O2. The minimum Gasteiger partial charge on any atom is -0.352 e. The normalized spacial score (nSPS) is 14.3. The smallest absolute Gasteiger partial charge is 0.271 e. The first-order valence-electron chi connectivity index (χ1n) is 5.98. The summed E-state index contributed by atoms with van der Waals surface area (Å²) in [5, 5.41) is 5.32. The maximum absolute atomic E-state index is 11.7. The van der Waals surface area contributed by atoms with Crippen molar-refractivity contribution in [3.05, 3.63) is 18.2 Å². The van der Waals surface area contributed by atoms with Crippen LogP contribution in [0, 0.1) is 0 Å². The van der Waals surface area contributed by atoms with Crippen molar-refractivity contribution in [3.8, 4) is 0 Å². The Morgan fingerprint density at radius 3 is 2.94 bits per heavy atom. The van der Waals surface area contributed by atoms with Gasteiger partial charge in [-0.3, -0.25) is 9.59 Å². The average molecular weight is 251 g/mol. The average Bonchev–Trinajstić information content (AvgIpc) is 3.03. The Kier molecular flexibility index (Phi) is 3.93. The molecule has 1 aromatic heterocycles. The fourth-order valence-electron chi connectivity index (χ4n) is 1.51. The van der Waals surface area contributed by atoms with Gasteiger partial charge < -0.3 is 20.9 Å². The van der Waals surface area contributed by atoms with Gasteiger partial charge in [-0.05, 0) is 12.8 Å². The maximum Gasteiger partial charge on any atom is 0.271 e. The first-order valence-corrected chi connectivity index (χ1v) is 5.98. The number of carbonyl (C=O) groups excluding carboxylic acids is 2. The minimum atomic E-state index is -0.350. The van der Waals surface area contributed by atoms with Crippen LogP contribution in [-0.4, -0.2) is 40.5 Å². The van der Waals surface area contributed by atoms with E-state index in [0.29, 0.717) is 24.8 Å². The van der Waals surface area contributed by atoms with Crippen LogP contribution in [0.4, 0.5) is 0 Å². The van der Waals surface area contributed by atoms with Crippen molar-refractivity contribution in [2.75, 3.05) is 13.1 Å². The topological polar surface area (TPSA) is 102 Å². The second-order valence-electron chi connectivity index (χ2n) is 4.31. The molecule has 0 unspecified atom stereocenters. The summed E-state index contributed by atoms with van der Waals surface area (Å²) >= 11 is 0. The molecule has 7 heteroatoms. The lowest BCUT2D eigenvalue weighted by atomic mass is 10.4. The third-order valence-electron chi connectivity index (χ3n) is 2.61. The zero-order chi connectivity index (χ0) is 13.0. The van der Waals surface area contributed by atoms with Crippen molar-refractivity contribution in [1.29, 1.82) is 0 Å². The summed E-state index contributed by atoms with van der Waals surface area (Å²) in [5.74, 6) is -0.510. The molecule has 1 saturated carbocycles. The van der Waals surface area contributed by atoms with Gasteiger partial charge in [-0.15, -0.1) is 0 Å². The largest absolute Gasteiger partial charge is 0.352 e. The summed E-state index contributed by atoms with van der Waals surface area (Å²) in [6, 6.07) is 0.304. The maximum atomic E-state index is 11.7. The van der Waals surface area contributed by atoms with Crippen molar-refractivity contribution in [3.63, 3.8) is 0 Å². The highest BCUT2D eigenvalue weighted by atomic mass is 16.2. The van der Waals surface area contributed by atoms with E-state index in [9.17, 15) is 9.59 Å². The molecule has 0 bridgehead atoms. The predicted octanol–water partition coefficient (Wildman–Crippen LogP) is -1.15. The molecule has 4 N–H and O–H groups in total. The second-order valence-corrected chi connectivity index (χ2v) is 4.31. The van der Waals surface area contributed by atoms with Crippen LogP contribution >= 0.6 is 0 Å². The fraction of sp³-hybridized carbons (Fsp3) is 0.545. The number of carbonyl (C=O) groups is 2. The van der Waals surface area contributed by atoms with Crippen molar-refractivity contribution in [2.45, 2.75) is 25.4 Å². The molecular weight excluding hydrogens is 234 g/mol. The molecule has 2 rings (SSSR count). The van der Waals surface area contributed by atoms with Crippen LogP contribution in [0.1, 0.15) is 23.3 Å². The standard InChI is InChI=1S/C11H17N5O2/c12-3-4-16-6-9(14-7-16)11(18)13-5-10(17)15-8-1-2-8/h6-8H,1-5,12H2,(H,13,18)(H,15,17). The Morgan fingerprint density at radius 2 is 2.28 bits per heavy atom. The van der Waals surface area contributed by atoms with E-state index < -0.39 is 0 Å². The summed E-state index contributed by atoms with van der Waals surface area (Å²) in [6.45, 7) is 1.09. The van der Waals surface area contributed by atoms with Crippen molar-refractivity contribution in [2.24, 2.45) is 5.73 Å². The predicted molar refractivity (Wildman–Crippen MR) is 64.8 cm³/mol. The molecule has 1 heterocycles. The van der Waals surface area contributed by atoms with Crippen LogP contribution in [-0.2, 0) is 11.3 Å². The molecule has 1 aromatic rings. The Bertz CT molecular complexity index is 438. The summed E-state index contributed by atoms with van der Waals surface area (Å²) in [5.41, 5.74) is 5.69. The van der Waals surface area contributed by atoms with Crippen LogP contribution in [0.25, 0.3) is 0 Å². The monoisotopic (exact) mass is 251 g/mol. The van der Waals surface area contributed by atoms with Crippen LogP contribution in [0.15, 0.2) is 12.5 Å². The van der Waals surface area contributed by atoms with E-state index in [-0.39, 0.29) is 18.4 Å². The van der Waals surface area contributed by atoms with Gasteiger partial charge >= 0.3 is 0 Å². The SMILES string of the molecule is NCCn1cnc(C(=O)NCC(=O)NC2CC2)c1. The number of hydrogen-bond acceptors (Lipinski definition) is 4. The highest BCUT2D eigenvalue weighted by Gasteiger charge is 2.23. The molecule has 0 saturated heterocycles. The van der Waals surface area contributed by atoms with E-state index >= 15 is 0 Å². The fourth-order valence-corrected chi connectivity index (χ4v) is 1.51. The third-order valence-corrected chi connectivity index (χ3v) is 2.61. The van der Waals surface area contributed by atoms with Crippen molar-refractivity contribution >= 4 is 11.8 Å². The van der Waals surface area contributed by atoms with Gasteiger partial charge in [-0.2, -0.15) is 0 Å². The van der Waals surface area contributed by atoms with Crippen LogP contribution in [0.3, 0.4) is 0 Å². The Morgan fingerprint density at radius 1 is 1.50 bits per heavy atom. The summed E-state index contributed by atoms with van der Waals surface area (Å²) < 4.78 is 1.74. The van der Waals surface area contributed by atoms with E-state index in [2.05, 4.69) is 15.6 Å². The summed E-state index contributed by atoms with van der Waals surface area (Å²) in [6.07, 6.45) is 5.22. The molecule has 0 radical (unpaired) electrons. The van der Waals surface area contributed by atoms with Crippen LogP contribution in [0.2, 0.25) is 0 Å². The number of amides is 2. The van der Waals surface area contributed by atoms with E-state index in [1.807, 2.05) is 0 Å². The van der Waals surface area contributed by atoms with Gasteiger partial charge in [0.25, 0.3) is 5.91 Å². The summed E-state index contributed by atoms with van der Waals surface area (Å²) in [4.78, 5) is 27.0. The Labute approximate surface area is 105 Å². The Balaban J connectivity index is 1.77. The molecule has 7 nitrogen and oxygen atoms in total. The number of rotatable bonds is 6. The first kappa shape index (κ1) is 12.6. The molecule has 0 atom stereocenters. The van der Waals surface area contributed by atoms with Gasteiger partial charge in [-0.25, -0.2) is 4.98 Å². The number of nitrogens with one attached hydrogen (secondary N) is 2. The second kappa shape index (κ2) is 5.63. The van der Waals surface area contributed by atoms with Gasteiger partial charge in [0.1, 0.15) is 5.69 Å². The number of aromatic nitrogens is 2. The lowest BCUT2D eigenvalue weighted by Crippen LogP contribution is -2.37. The summed E-state index contributed by atoms with van der Waals surface area (Å²) in [7, 11) is 0. The zero-order valence-electron chi connectivity index (χ0n) is 10.1. The van der Waals surface area contributed by atoms with Gasteiger partial charge in [-0.1, -0.05) is 0 Å². The first-order chi connectivity index (χ1) is 8.69. The molecule has 1 aliphatic carbocycles. The molecule has 0 spiro atoms. The van der Waals surface area contributed by atoms with E-state index in [1.165, 1.54) is 0 Å². The highest BCUT2D eigenvalue weighted by molar-refractivity contribution is 5.94. The molecule has 98 valence electrons. The Hall–Kier alpha value is -1.89. The quantitative estimate of drug-likeness (QED) is 0.594. The number of imidazole rings is 1.